The van der Waals surface area contributed by atoms with Crippen LogP contribution in [0.2, 0.25) is 0 Å². The Labute approximate surface area is 125 Å². The van der Waals surface area contributed by atoms with Crippen molar-refractivity contribution in [1.82, 2.24) is 4.90 Å². The summed E-state index contributed by atoms with van der Waals surface area (Å²) in [7, 11) is 2.23. The van der Waals surface area contributed by atoms with E-state index in [1.807, 2.05) is 0 Å². The number of nitrogens with zero attached hydrogens (tertiary/aromatic N) is 1. The number of ether oxygens (including phenoxy) is 1. The maximum atomic E-state index is 6.25. The fraction of sp³-hybridized carbons (Fsp3) is 1.00. The minimum absolute atomic E-state index is 0.348. The van der Waals surface area contributed by atoms with Crippen LogP contribution in [0.1, 0.15) is 46.5 Å². The zero-order chi connectivity index (χ0) is 14.8. The molecular weight excluding hydrogens is 248 g/mol. The van der Waals surface area contributed by atoms with Gasteiger partial charge in [-0.3, -0.25) is 0 Å². The van der Waals surface area contributed by atoms with Crippen molar-refractivity contribution in [3.8, 4) is 0 Å². The molecule has 0 spiro atoms. The van der Waals surface area contributed by atoms with Gasteiger partial charge >= 0.3 is 0 Å². The third-order valence-electron chi connectivity index (χ3n) is 5.92. The Morgan fingerprint density at radius 3 is 2.55 bits per heavy atom. The molecule has 3 heteroatoms. The third-order valence-corrected chi connectivity index (χ3v) is 5.92. The molecule has 2 saturated carbocycles. The summed E-state index contributed by atoms with van der Waals surface area (Å²) in [6, 6.07) is 0.383. The van der Waals surface area contributed by atoms with Crippen LogP contribution in [0, 0.1) is 23.2 Å². The average Bonchev–Trinajstić information content (AvgIpc) is 3.20. The Hall–Kier alpha value is -0.120. The van der Waals surface area contributed by atoms with E-state index < -0.39 is 0 Å². The molecule has 0 aliphatic heterocycles. The Morgan fingerprint density at radius 2 is 1.90 bits per heavy atom. The first-order valence-electron chi connectivity index (χ1n) is 8.43. The van der Waals surface area contributed by atoms with E-state index in [1.54, 1.807) is 0 Å². The molecule has 0 bridgehead atoms. The molecule has 3 nitrogen and oxygen atoms in total. The number of likely N-dealkylation sites (N-methyl/N-ethyl adjacent to an activating group) is 1. The van der Waals surface area contributed by atoms with E-state index in [0.717, 1.165) is 31.6 Å². The fourth-order valence-electron chi connectivity index (χ4n) is 3.49. The van der Waals surface area contributed by atoms with Crippen molar-refractivity contribution in [3.05, 3.63) is 0 Å². The van der Waals surface area contributed by atoms with Gasteiger partial charge in [0.05, 0.1) is 6.61 Å². The predicted octanol–water partition coefficient (Wildman–Crippen LogP) is 2.74. The second-order valence-corrected chi connectivity index (χ2v) is 7.83. The maximum absolute atomic E-state index is 6.25. The van der Waals surface area contributed by atoms with Gasteiger partial charge in [-0.1, -0.05) is 20.8 Å². The minimum Gasteiger partial charge on any atom is -0.380 e. The van der Waals surface area contributed by atoms with Crippen molar-refractivity contribution in [3.63, 3.8) is 0 Å². The lowest BCUT2D eigenvalue weighted by atomic mass is 9.61. The number of nitrogens with two attached hydrogens (primary N) is 1. The monoisotopic (exact) mass is 282 g/mol. The lowest BCUT2D eigenvalue weighted by Crippen LogP contribution is -2.49. The first-order chi connectivity index (χ1) is 9.41. The summed E-state index contributed by atoms with van der Waals surface area (Å²) in [5.41, 5.74) is 6.59. The molecule has 2 N–H and O–H groups in total. The molecule has 2 fully saturated rings. The Kier molecular flexibility index (Phi) is 5.49. The van der Waals surface area contributed by atoms with Crippen LogP contribution in [0.4, 0.5) is 0 Å². The van der Waals surface area contributed by atoms with Crippen LogP contribution in [-0.4, -0.2) is 44.3 Å². The van der Waals surface area contributed by atoms with Gasteiger partial charge in [0.1, 0.15) is 0 Å². The molecule has 2 aliphatic rings. The molecular formula is C17H34N2O. The highest BCUT2D eigenvalue weighted by Gasteiger charge is 2.41. The van der Waals surface area contributed by atoms with E-state index in [2.05, 4.69) is 32.7 Å². The van der Waals surface area contributed by atoms with Gasteiger partial charge in [0.25, 0.3) is 0 Å². The first-order valence-corrected chi connectivity index (χ1v) is 8.43. The molecule has 0 amide bonds. The first kappa shape index (κ1) is 16.3. The summed E-state index contributed by atoms with van der Waals surface area (Å²) in [4.78, 5) is 2.45. The van der Waals surface area contributed by atoms with E-state index in [9.17, 15) is 0 Å². The van der Waals surface area contributed by atoms with Gasteiger partial charge in [-0.05, 0) is 55.9 Å². The highest BCUT2D eigenvalue weighted by atomic mass is 16.5. The molecule has 0 radical (unpaired) electrons. The normalized spacial score (nSPS) is 33.6. The van der Waals surface area contributed by atoms with Gasteiger partial charge in [-0.2, -0.15) is 0 Å². The van der Waals surface area contributed by atoms with Gasteiger partial charge in [-0.15, -0.1) is 0 Å². The van der Waals surface area contributed by atoms with Crippen LogP contribution in [0.3, 0.4) is 0 Å². The zero-order valence-electron chi connectivity index (χ0n) is 13.9. The summed E-state index contributed by atoms with van der Waals surface area (Å²) in [6.07, 6.45) is 5.21. The molecule has 2 rings (SSSR count). The van der Waals surface area contributed by atoms with Crippen LogP contribution in [0.25, 0.3) is 0 Å². The van der Waals surface area contributed by atoms with Crippen molar-refractivity contribution in [2.75, 3.05) is 33.4 Å². The molecule has 0 saturated heterocycles. The summed E-state index contributed by atoms with van der Waals surface area (Å²) in [5.74, 6) is 2.24. The lowest BCUT2D eigenvalue weighted by Gasteiger charge is -2.48. The second-order valence-electron chi connectivity index (χ2n) is 7.83. The molecule has 0 aromatic rings. The molecule has 0 heterocycles. The van der Waals surface area contributed by atoms with Gasteiger partial charge in [0.15, 0.2) is 0 Å². The lowest BCUT2D eigenvalue weighted by molar-refractivity contribution is 0.0258. The SMILES string of the molecule is CC1C(N)CCC(CN(C)CCOCC2CC2)C1(C)C. The van der Waals surface area contributed by atoms with Crippen LogP contribution in [0.5, 0.6) is 0 Å². The van der Waals surface area contributed by atoms with Crippen LogP contribution in [0.15, 0.2) is 0 Å². The van der Waals surface area contributed by atoms with E-state index in [-0.39, 0.29) is 0 Å². The van der Waals surface area contributed by atoms with E-state index in [0.29, 0.717) is 17.4 Å². The van der Waals surface area contributed by atoms with Gasteiger partial charge in [-0.25, -0.2) is 0 Å². The number of rotatable bonds is 7. The standard InChI is InChI=1S/C17H34N2O/c1-13-16(18)8-7-15(17(13,2)3)11-19(4)9-10-20-12-14-5-6-14/h13-16H,5-12,18H2,1-4H3. The van der Waals surface area contributed by atoms with Crippen molar-refractivity contribution in [2.45, 2.75) is 52.5 Å². The Morgan fingerprint density at radius 1 is 1.20 bits per heavy atom. The highest BCUT2D eigenvalue weighted by Crippen LogP contribution is 2.44. The molecule has 20 heavy (non-hydrogen) atoms. The van der Waals surface area contributed by atoms with Crippen LogP contribution >= 0.6 is 0 Å². The third kappa shape index (κ3) is 4.19. The van der Waals surface area contributed by atoms with Crippen LogP contribution in [-0.2, 0) is 4.74 Å². The highest BCUT2D eigenvalue weighted by molar-refractivity contribution is 4.94. The largest absolute Gasteiger partial charge is 0.380 e. The zero-order valence-corrected chi connectivity index (χ0v) is 13.9. The maximum Gasteiger partial charge on any atom is 0.0593 e. The average molecular weight is 282 g/mol. The van der Waals surface area contributed by atoms with E-state index in [4.69, 9.17) is 10.5 Å². The van der Waals surface area contributed by atoms with Crippen molar-refractivity contribution in [2.24, 2.45) is 28.9 Å². The molecule has 118 valence electrons. The molecule has 0 aromatic heterocycles. The van der Waals surface area contributed by atoms with Crippen molar-refractivity contribution >= 4 is 0 Å². The molecule has 2 aliphatic carbocycles. The summed E-state index contributed by atoms with van der Waals surface area (Å²) < 4.78 is 5.75. The summed E-state index contributed by atoms with van der Waals surface area (Å²) in [5, 5.41) is 0. The van der Waals surface area contributed by atoms with Crippen molar-refractivity contribution in [1.29, 1.82) is 0 Å². The topological polar surface area (TPSA) is 38.5 Å². The number of hydrogen-bond donors (Lipinski definition) is 1. The Balaban J connectivity index is 1.70. The van der Waals surface area contributed by atoms with E-state index in [1.165, 1.54) is 32.2 Å². The molecule has 0 aromatic carbocycles. The van der Waals surface area contributed by atoms with Gasteiger partial charge in [0.2, 0.25) is 0 Å². The van der Waals surface area contributed by atoms with Gasteiger partial charge in [0, 0.05) is 25.7 Å². The smallest absolute Gasteiger partial charge is 0.0593 e. The van der Waals surface area contributed by atoms with E-state index >= 15 is 0 Å². The predicted molar refractivity (Wildman–Crippen MR) is 84.7 cm³/mol. The summed E-state index contributed by atoms with van der Waals surface area (Å²) in [6.45, 7) is 11.2. The Bertz CT molecular complexity index is 301. The second kappa shape index (κ2) is 6.76. The van der Waals surface area contributed by atoms with Crippen LogP contribution < -0.4 is 5.73 Å². The number of hydrogen-bond acceptors (Lipinski definition) is 3. The molecule has 3 unspecified atom stereocenters. The summed E-state index contributed by atoms with van der Waals surface area (Å²) >= 11 is 0. The van der Waals surface area contributed by atoms with Crippen molar-refractivity contribution < 1.29 is 4.74 Å². The fourth-order valence-corrected chi connectivity index (χ4v) is 3.49. The minimum atomic E-state index is 0.348. The molecule has 3 atom stereocenters. The van der Waals surface area contributed by atoms with Gasteiger partial charge < -0.3 is 15.4 Å². The quantitative estimate of drug-likeness (QED) is 0.730.